The van der Waals surface area contributed by atoms with Gasteiger partial charge in [0.1, 0.15) is 0 Å². The maximum atomic E-state index is 5.02. The Morgan fingerprint density at radius 1 is 1.71 bits per heavy atom. The zero-order valence-corrected chi connectivity index (χ0v) is 10.1. The molecule has 0 aliphatic carbocycles. The quantitative estimate of drug-likeness (QED) is 0.839. The van der Waals surface area contributed by atoms with E-state index in [2.05, 4.69) is 33.3 Å². The fourth-order valence-corrected chi connectivity index (χ4v) is 1.52. The average Bonchev–Trinajstić information content (AvgIpc) is 2.52. The van der Waals surface area contributed by atoms with Crippen molar-refractivity contribution in [3.8, 4) is 0 Å². The molecule has 1 aromatic heterocycles. The third-order valence-corrected chi connectivity index (χ3v) is 2.26. The summed E-state index contributed by atoms with van der Waals surface area (Å²) >= 11 is 3.35. The number of ether oxygens (including phenoxy) is 1. The van der Waals surface area contributed by atoms with Crippen LogP contribution >= 0.6 is 15.9 Å². The molecular weight excluding hydrogens is 246 g/mol. The minimum absolute atomic E-state index is 0.388. The summed E-state index contributed by atoms with van der Waals surface area (Å²) in [5.74, 6) is 0. The second kappa shape index (κ2) is 6.16. The van der Waals surface area contributed by atoms with E-state index in [9.17, 15) is 0 Å². The summed E-state index contributed by atoms with van der Waals surface area (Å²) in [6.07, 6.45) is 3.75. The molecule has 1 aromatic rings. The van der Waals surface area contributed by atoms with Gasteiger partial charge in [0.2, 0.25) is 0 Å². The van der Waals surface area contributed by atoms with Crippen molar-refractivity contribution in [1.82, 2.24) is 15.1 Å². The molecule has 1 unspecified atom stereocenters. The molecule has 0 radical (unpaired) electrons. The second-order valence-corrected chi connectivity index (χ2v) is 4.15. The van der Waals surface area contributed by atoms with Gasteiger partial charge >= 0.3 is 0 Å². The molecule has 14 heavy (non-hydrogen) atoms. The van der Waals surface area contributed by atoms with E-state index >= 15 is 0 Å². The highest BCUT2D eigenvalue weighted by atomic mass is 79.9. The van der Waals surface area contributed by atoms with Gasteiger partial charge < -0.3 is 10.1 Å². The van der Waals surface area contributed by atoms with Crippen LogP contribution in [0.3, 0.4) is 0 Å². The number of hydrogen-bond acceptors (Lipinski definition) is 3. The first-order chi connectivity index (χ1) is 6.72. The van der Waals surface area contributed by atoms with Crippen molar-refractivity contribution in [2.45, 2.75) is 19.5 Å². The third-order valence-electron chi connectivity index (χ3n) is 1.85. The molecule has 0 fully saturated rings. The van der Waals surface area contributed by atoms with Crippen LogP contribution in [0.1, 0.15) is 6.92 Å². The van der Waals surface area contributed by atoms with E-state index in [4.69, 9.17) is 4.74 Å². The predicted molar refractivity (Wildman–Crippen MR) is 59.3 cm³/mol. The summed E-state index contributed by atoms with van der Waals surface area (Å²) in [4.78, 5) is 0. The minimum Gasteiger partial charge on any atom is -0.383 e. The Morgan fingerprint density at radius 3 is 3.07 bits per heavy atom. The number of nitrogens with one attached hydrogen (secondary N) is 1. The molecular formula is C9H16BrN3O. The van der Waals surface area contributed by atoms with Crippen LogP contribution in [0.2, 0.25) is 0 Å². The van der Waals surface area contributed by atoms with E-state index < -0.39 is 0 Å². The molecule has 5 heteroatoms. The van der Waals surface area contributed by atoms with Crippen LogP contribution in [-0.2, 0) is 11.3 Å². The van der Waals surface area contributed by atoms with Crippen molar-refractivity contribution < 1.29 is 4.74 Å². The van der Waals surface area contributed by atoms with Crippen molar-refractivity contribution >= 4 is 15.9 Å². The number of nitrogens with zero attached hydrogens (tertiary/aromatic N) is 2. The highest BCUT2D eigenvalue weighted by molar-refractivity contribution is 9.10. The van der Waals surface area contributed by atoms with Gasteiger partial charge in [-0.25, -0.2) is 0 Å². The lowest BCUT2D eigenvalue weighted by molar-refractivity contribution is 0.171. The molecule has 0 aromatic carbocycles. The smallest absolute Gasteiger partial charge is 0.0632 e. The lowest BCUT2D eigenvalue weighted by Crippen LogP contribution is -2.32. The molecule has 0 aliphatic heterocycles. The number of methoxy groups -OCH3 is 1. The SMILES string of the molecule is COCC(C)NCCn1cc(Br)cn1. The molecule has 1 N–H and O–H groups in total. The van der Waals surface area contributed by atoms with Gasteiger partial charge in [0.05, 0.1) is 23.8 Å². The molecule has 0 aliphatic rings. The van der Waals surface area contributed by atoms with E-state index in [1.54, 1.807) is 13.3 Å². The Balaban J connectivity index is 2.15. The average molecular weight is 262 g/mol. The molecule has 0 saturated heterocycles. The molecule has 0 bridgehead atoms. The maximum Gasteiger partial charge on any atom is 0.0632 e. The first kappa shape index (κ1) is 11.7. The summed E-state index contributed by atoms with van der Waals surface area (Å²) in [6.45, 7) is 4.61. The Bertz CT molecular complexity index is 264. The summed E-state index contributed by atoms with van der Waals surface area (Å²) in [7, 11) is 1.71. The topological polar surface area (TPSA) is 39.1 Å². The monoisotopic (exact) mass is 261 g/mol. The number of aromatic nitrogens is 2. The molecule has 1 atom stereocenters. The van der Waals surface area contributed by atoms with Crippen molar-refractivity contribution in [1.29, 1.82) is 0 Å². The number of hydrogen-bond donors (Lipinski definition) is 1. The third kappa shape index (κ3) is 4.21. The first-order valence-corrected chi connectivity index (χ1v) is 5.42. The molecule has 1 rings (SSSR count). The summed E-state index contributed by atoms with van der Waals surface area (Å²) < 4.78 is 7.93. The summed E-state index contributed by atoms with van der Waals surface area (Å²) in [5, 5.41) is 7.50. The Labute approximate surface area is 92.8 Å². The van der Waals surface area contributed by atoms with Crippen molar-refractivity contribution in [2.75, 3.05) is 20.3 Å². The van der Waals surface area contributed by atoms with Crippen LogP contribution in [0.4, 0.5) is 0 Å². The van der Waals surface area contributed by atoms with E-state index in [1.165, 1.54) is 0 Å². The van der Waals surface area contributed by atoms with Crippen LogP contribution in [0.5, 0.6) is 0 Å². The molecule has 0 spiro atoms. The normalized spacial score (nSPS) is 13.1. The van der Waals surface area contributed by atoms with Gasteiger partial charge in [-0.1, -0.05) is 0 Å². The predicted octanol–water partition coefficient (Wildman–Crippen LogP) is 1.27. The van der Waals surface area contributed by atoms with Crippen molar-refractivity contribution in [2.24, 2.45) is 0 Å². The van der Waals surface area contributed by atoms with Gasteiger partial charge in [0.25, 0.3) is 0 Å². The zero-order chi connectivity index (χ0) is 10.4. The zero-order valence-electron chi connectivity index (χ0n) is 8.53. The molecule has 0 amide bonds. The van der Waals surface area contributed by atoms with Crippen LogP contribution < -0.4 is 5.32 Å². The number of rotatable bonds is 6. The fraction of sp³-hybridized carbons (Fsp3) is 0.667. The van der Waals surface area contributed by atoms with E-state index in [-0.39, 0.29) is 0 Å². The fourth-order valence-electron chi connectivity index (χ4n) is 1.20. The largest absolute Gasteiger partial charge is 0.383 e. The molecule has 4 nitrogen and oxygen atoms in total. The highest BCUT2D eigenvalue weighted by Crippen LogP contribution is 2.05. The maximum absolute atomic E-state index is 5.02. The van der Waals surface area contributed by atoms with Gasteiger partial charge in [-0.3, -0.25) is 4.68 Å². The Kier molecular flexibility index (Phi) is 5.14. The minimum atomic E-state index is 0.388. The Hall–Kier alpha value is -0.390. The molecule has 0 saturated carbocycles. The van der Waals surface area contributed by atoms with Crippen LogP contribution in [0.15, 0.2) is 16.9 Å². The lowest BCUT2D eigenvalue weighted by Gasteiger charge is -2.12. The van der Waals surface area contributed by atoms with Gasteiger partial charge in [-0.05, 0) is 22.9 Å². The van der Waals surface area contributed by atoms with Crippen LogP contribution in [0, 0.1) is 0 Å². The van der Waals surface area contributed by atoms with Gasteiger partial charge in [-0.15, -0.1) is 0 Å². The van der Waals surface area contributed by atoms with E-state index in [0.29, 0.717) is 6.04 Å². The van der Waals surface area contributed by atoms with E-state index in [0.717, 1.165) is 24.2 Å². The molecule has 80 valence electrons. The van der Waals surface area contributed by atoms with Gasteiger partial charge in [-0.2, -0.15) is 5.10 Å². The highest BCUT2D eigenvalue weighted by Gasteiger charge is 1.99. The Morgan fingerprint density at radius 2 is 2.50 bits per heavy atom. The second-order valence-electron chi connectivity index (χ2n) is 3.23. The van der Waals surface area contributed by atoms with E-state index in [1.807, 2.05) is 10.9 Å². The summed E-state index contributed by atoms with van der Waals surface area (Å²) in [6, 6.07) is 0.388. The number of halogens is 1. The van der Waals surface area contributed by atoms with Gasteiger partial charge in [0.15, 0.2) is 0 Å². The first-order valence-electron chi connectivity index (χ1n) is 4.62. The lowest BCUT2D eigenvalue weighted by atomic mass is 10.3. The van der Waals surface area contributed by atoms with Gasteiger partial charge in [0, 0.05) is 25.9 Å². The van der Waals surface area contributed by atoms with Crippen LogP contribution in [0.25, 0.3) is 0 Å². The molecule has 1 heterocycles. The van der Waals surface area contributed by atoms with Crippen LogP contribution in [-0.4, -0.2) is 36.1 Å². The standard InChI is InChI=1S/C9H16BrN3O/c1-8(7-14-2)11-3-4-13-6-9(10)5-12-13/h5-6,8,11H,3-4,7H2,1-2H3. The van der Waals surface area contributed by atoms with Crippen molar-refractivity contribution in [3.63, 3.8) is 0 Å². The van der Waals surface area contributed by atoms with Crippen molar-refractivity contribution in [3.05, 3.63) is 16.9 Å². The summed E-state index contributed by atoms with van der Waals surface area (Å²) in [5.41, 5.74) is 0.